The molecule has 0 spiro atoms. The number of morpholine rings is 1. The van der Waals surface area contributed by atoms with Gasteiger partial charge in [0.1, 0.15) is 5.75 Å². The molecule has 0 radical (unpaired) electrons. The molecule has 2 unspecified atom stereocenters. The Morgan fingerprint density at radius 2 is 2.00 bits per heavy atom. The Balaban J connectivity index is 2.10. The molecule has 1 aromatic carbocycles. The fraction of sp³-hybridized carbons (Fsp3) is 0.625. The van der Waals surface area contributed by atoms with Crippen molar-refractivity contribution in [2.24, 2.45) is 0 Å². The Labute approximate surface area is 122 Å². The van der Waals surface area contributed by atoms with E-state index in [0.29, 0.717) is 6.04 Å². The fourth-order valence-corrected chi connectivity index (χ4v) is 2.75. The van der Waals surface area contributed by atoms with Crippen molar-refractivity contribution in [3.8, 4) is 5.75 Å². The second-order valence-corrected chi connectivity index (χ2v) is 5.54. The van der Waals surface area contributed by atoms with Gasteiger partial charge in [0.25, 0.3) is 0 Å². The van der Waals surface area contributed by atoms with Gasteiger partial charge in [-0.15, -0.1) is 0 Å². The van der Waals surface area contributed by atoms with Crippen molar-refractivity contribution < 1.29 is 9.47 Å². The highest BCUT2D eigenvalue weighted by atomic mass is 16.5. The molecule has 0 saturated carbocycles. The number of hydrogen-bond acceptors (Lipinski definition) is 4. The van der Waals surface area contributed by atoms with Gasteiger partial charge < -0.3 is 14.8 Å². The Hall–Kier alpha value is -1.10. The molecule has 4 heteroatoms. The SMILES string of the molecule is CNC(c1ccc(OC)cc1)C1CN(C(C)C)CCO1. The van der Waals surface area contributed by atoms with Gasteiger partial charge in [0.15, 0.2) is 0 Å². The van der Waals surface area contributed by atoms with Crippen LogP contribution in [0.1, 0.15) is 25.5 Å². The van der Waals surface area contributed by atoms with Crippen molar-refractivity contribution in [1.82, 2.24) is 10.2 Å². The summed E-state index contributed by atoms with van der Waals surface area (Å²) in [6.45, 7) is 7.27. The van der Waals surface area contributed by atoms with Gasteiger partial charge in [0, 0.05) is 19.1 Å². The first-order valence-corrected chi connectivity index (χ1v) is 7.32. The van der Waals surface area contributed by atoms with E-state index in [-0.39, 0.29) is 12.1 Å². The summed E-state index contributed by atoms with van der Waals surface area (Å²) in [4.78, 5) is 2.47. The Bertz CT molecular complexity index is 405. The molecule has 1 saturated heterocycles. The van der Waals surface area contributed by atoms with Gasteiger partial charge in [0.2, 0.25) is 0 Å². The molecule has 112 valence electrons. The quantitative estimate of drug-likeness (QED) is 0.894. The molecule has 0 amide bonds. The summed E-state index contributed by atoms with van der Waals surface area (Å²) in [6, 6.07) is 9.00. The molecule has 2 rings (SSSR count). The summed E-state index contributed by atoms with van der Waals surface area (Å²) in [5.74, 6) is 0.886. The summed E-state index contributed by atoms with van der Waals surface area (Å²) in [5.41, 5.74) is 1.24. The van der Waals surface area contributed by atoms with Gasteiger partial charge in [-0.3, -0.25) is 4.90 Å². The van der Waals surface area contributed by atoms with E-state index in [1.807, 2.05) is 19.2 Å². The monoisotopic (exact) mass is 278 g/mol. The largest absolute Gasteiger partial charge is 0.497 e. The van der Waals surface area contributed by atoms with E-state index in [0.717, 1.165) is 25.4 Å². The van der Waals surface area contributed by atoms with Gasteiger partial charge in [-0.1, -0.05) is 12.1 Å². The van der Waals surface area contributed by atoms with Crippen molar-refractivity contribution in [2.45, 2.75) is 32.0 Å². The summed E-state index contributed by atoms with van der Waals surface area (Å²) in [5, 5.41) is 3.39. The van der Waals surface area contributed by atoms with Crippen molar-refractivity contribution in [3.05, 3.63) is 29.8 Å². The highest BCUT2D eigenvalue weighted by molar-refractivity contribution is 5.29. The minimum Gasteiger partial charge on any atom is -0.497 e. The van der Waals surface area contributed by atoms with Crippen LogP contribution in [0.15, 0.2) is 24.3 Å². The molecule has 1 aliphatic rings. The minimum absolute atomic E-state index is 0.185. The normalized spacial score (nSPS) is 21.9. The number of nitrogens with zero attached hydrogens (tertiary/aromatic N) is 1. The molecule has 1 heterocycles. The first kappa shape index (κ1) is 15.3. The summed E-state index contributed by atoms with van der Waals surface area (Å²) >= 11 is 0. The summed E-state index contributed by atoms with van der Waals surface area (Å²) < 4.78 is 11.2. The average molecular weight is 278 g/mol. The lowest BCUT2D eigenvalue weighted by atomic mass is 9.99. The minimum atomic E-state index is 0.185. The van der Waals surface area contributed by atoms with Crippen LogP contribution in [0.25, 0.3) is 0 Å². The second-order valence-electron chi connectivity index (χ2n) is 5.54. The van der Waals surface area contributed by atoms with E-state index < -0.39 is 0 Å². The number of ether oxygens (including phenoxy) is 2. The third-order valence-corrected chi connectivity index (χ3v) is 4.01. The molecule has 0 aromatic heterocycles. The maximum Gasteiger partial charge on any atom is 0.118 e. The van der Waals surface area contributed by atoms with Gasteiger partial charge in [-0.25, -0.2) is 0 Å². The van der Waals surface area contributed by atoms with Crippen LogP contribution in [-0.4, -0.2) is 50.9 Å². The molecule has 20 heavy (non-hydrogen) atoms. The lowest BCUT2D eigenvalue weighted by Gasteiger charge is -2.39. The van der Waals surface area contributed by atoms with Crippen LogP contribution in [0, 0.1) is 0 Å². The van der Waals surface area contributed by atoms with Gasteiger partial charge >= 0.3 is 0 Å². The van der Waals surface area contributed by atoms with E-state index in [1.54, 1.807) is 7.11 Å². The number of likely N-dealkylation sites (N-methyl/N-ethyl adjacent to an activating group) is 1. The maximum absolute atomic E-state index is 5.99. The van der Waals surface area contributed by atoms with Crippen molar-refractivity contribution in [3.63, 3.8) is 0 Å². The van der Waals surface area contributed by atoms with Gasteiger partial charge in [-0.05, 0) is 38.6 Å². The Kier molecular flexibility index (Phi) is 5.40. The maximum atomic E-state index is 5.99. The Morgan fingerprint density at radius 1 is 1.30 bits per heavy atom. The van der Waals surface area contributed by atoms with Crippen LogP contribution in [0.2, 0.25) is 0 Å². The molecule has 0 aliphatic carbocycles. The predicted octanol–water partition coefficient (Wildman–Crippen LogP) is 2.06. The molecule has 0 bridgehead atoms. The number of nitrogens with one attached hydrogen (secondary N) is 1. The van der Waals surface area contributed by atoms with Crippen LogP contribution in [0.4, 0.5) is 0 Å². The highest BCUT2D eigenvalue weighted by Crippen LogP contribution is 2.24. The average Bonchev–Trinajstić information content (AvgIpc) is 2.49. The number of methoxy groups -OCH3 is 1. The third kappa shape index (κ3) is 3.51. The summed E-state index contributed by atoms with van der Waals surface area (Å²) in [7, 11) is 3.68. The molecule has 1 aromatic rings. The second kappa shape index (κ2) is 7.07. The zero-order chi connectivity index (χ0) is 14.5. The zero-order valence-electron chi connectivity index (χ0n) is 12.9. The molecule has 1 N–H and O–H groups in total. The van der Waals surface area contributed by atoms with E-state index >= 15 is 0 Å². The van der Waals surface area contributed by atoms with Crippen LogP contribution >= 0.6 is 0 Å². The summed E-state index contributed by atoms with van der Waals surface area (Å²) in [6.07, 6.45) is 0.185. The highest BCUT2D eigenvalue weighted by Gasteiger charge is 2.29. The fourth-order valence-electron chi connectivity index (χ4n) is 2.75. The van der Waals surface area contributed by atoms with Crippen molar-refractivity contribution in [1.29, 1.82) is 0 Å². The molecule has 4 nitrogen and oxygen atoms in total. The molecule has 1 fully saturated rings. The van der Waals surface area contributed by atoms with Crippen molar-refractivity contribution >= 4 is 0 Å². The topological polar surface area (TPSA) is 33.7 Å². The number of hydrogen-bond donors (Lipinski definition) is 1. The molecule has 1 aliphatic heterocycles. The predicted molar refractivity (Wildman–Crippen MR) is 81.2 cm³/mol. The molecular weight excluding hydrogens is 252 g/mol. The van der Waals surface area contributed by atoms with Crippen LogP contribution in [0.3, 0.4) is 0 Å². The lowest BCUT2D eigenvalue weighted by Crippen LogP contribution is -2.49. The lowest BCUT2D eigenvalue weighted by molar-refractivity contribution is -0.0550. The number of benzene rings is 1. The van der Waals surface area contributed by atoms with E-state index in [9.17, 15) is 0 Å². The first-order valence-electron chi connectivity index (χ1n) is 7.32. The smallest absolute Gasteiger partial charge is 0.118 e. The van der Waals surface area contributed by atoms with Crippen LogP contribution in [0.5, 0.6) is 5.75 Å². The van der Waals surface area contributed by atoms with Crippen LogP contribution in [-0.2, 0) is 4.74 Å². The van der Waals surface area contributed by atoms with Crippen LogP contribution < -0.4 is 10.1 Å². The van der Waals surface area contributed by atoms with Crippen molar-refractivity contribution in [2.75, 3.05) is 33.9 Å². The molecular formula is C16H26N2O2. The number of rotatable bonds is 5. The first-order chi connectivity index (χ1) is 9.65. The van der Waals surface area contributed by atoms with E-state index in [4.69, 9.17) is 9.47 Å². The standard InChI is InChI=1S/C16H26N2O2/c1-12(2)18-9-10-20-15(11-18)16(17-3)13-5-7-14(19-4)8-6-13/h5-8,12,15-17H,9-11H2,1-4H3. The molecule has 2 atom stereocenters. The zero-order valence-corrected chi connectivity index (χ0v) is 12.9. The van der Waals surface area contributed by atoms with Gasteiger partial charge in [-0.2, -0.15) is 0 Å². The van der Waals surface area contributed by atoms with Gasteiger partial charge in [0.05, 0.1) is 25.9 Å². The van der Waals surface area contributed by atoms with E-state index in [1.165, 1.54) is 5.56 Å². The third-order valence-electron chi connectivity index (χ3n) is 4.01. The van der Waals surface area contributed by atoms with E-state index in [2.05, 4.69) is 36.2 Å². The Morgan fingerprint density at radius 3 is 2.55 bits per heavy atom.